The van der Waals surface area contributed by atoms with Crippen molar-refractivity contribution in [1.29, 1.82) is 0 Å². The van der Waals surface area contributed by atoms with Crippen LogP contribution in [0.5, 0.6) is 0 Å². The Morgan fingerprint density at radius 1 is 1.57 bits per heavy atom. The minimum absolute atomic E-state index is 0.0868. The fourth-order valence-electron chi connectivity index (χ4n) is 0.889. The van der Waals surface area contributed by atoms with Gasteiger partial charge in [0.2, 0.25) is 5.91 Å². The third-order valence-electron chi connectivity index (χ3n) is 1.90. The summed E-state index contributed by atoms with van der Waals surface area (Å²) < 4.78 is 0. The maximum atomic E-state index is 11.3. The van der Waals surface area contributed by atoms with E-state index in [9.17, 15) is 4.79 Å². The molecule has 82 valence electrons. The molecule has 0 aliphatic rings. The van der Waals surface area contributed by atoms with Crippen molar-refractivity contribution in [2.24, 2.45) is 11.7 Å². The first-order valence-corrected chi connectivity index (χ1v) is 5.07. The largest absolute Gasteiger partial charge is 0.393 e. The lowest BCUT2D eigenvalue weighted by molar-refractivity contribution is -0.122. The number of carbonyl (C=O) groups is 1. The smallest absolute Gasteiger partial charge is 0.229 e. The summed E-state index contributed by atoms with van der Waals surface area (Å²) in [6.45, 7) is 3.34. The van der Waals surface area contributed by atoms with Crippen LogP contribution >= 0.6 is 12.2 Å². The van der Waals surface area contributed by atoms with Crippen LogP contribution in [-0.4, -0.2) is 43.0 Å². The Kier molecular flexibility index (Phi) is 6.40. The molecule has 4 nitrogen and oxygen atoms in total. The van der Waals surface area contributed by atoms with E-state index in [0.29, 0.717) is 6.54 Å². The van der Waals surface area contributed by atoms with E-state index < -0.39 is 0 Å². The van der Waals surface area contributed by atoms with Crippen molar-refractivity contribution >= 4 is 23.1 Å². The lowest BCUT2D eigenvalue weighted by Gasteiger charge is -2.12. The van der Waals surface area contributed by atoms with Crippen LogP contribution in [0.25, 0.3) is 0 Å². The topological polar surface area (TPSA) is 58.4 Å². The van der Waals surface area contributed by atoms with Gasteiger partial charge in [0.05, 0.1) is 10.9 Å². The van der Waals surface area contributed by atoms with E-state index in [1.54, 1.807) is 6.92 Å². The van der Waals surface area contributed by atoms with Gasteiger partial charge in [0.25, 0.3) is 0 Å². The van der Waals surface area contributed by atoms with Gasteiger partial charge in [-0.1, -0.05) is 12.2 Å². The third kappa shape index (κ3) is 5.88. The molecule has 0 fully saturated rings. The number of nitrogens with two attached hydrogens (primary N) is 1. The van der Waals surface area contributed by atoms with E-state index in [4.69, 9.17) is 18.0 Å². The first-order valence-electron chi connectivity index (χ1n) is 4.67. The highest BCUT2D eigenvalue weighted by Gasteiger charge is 2.14. The molecule has 0 aromatic rings. The quantitative estimate of drug-likeness (QED) is 0.485. The highest BCUT2D eigenvalue weighted by atomic mass is 32.1. The van der Waals surface area contributed by atoms with Crippen LogP contribution in [0.4, 0.5) is 0 Å². The molecule has 0 bridgehead atoms. The number of hydrogen-bond acceptors (Lipinski definition) is 3. The van der Waals surface area contributed by atoms with Crippen molar-refractivity contribution in [1.82, 2.24) is 10.2 Å². The van der Waals surface area contributed by atoms with Crippen LogP contribution in [0.15, 0.2) is 0 Å². The van der Waals surface area contributed by atoms with Gasteiger partial charge in [-0.25, -0.2) is 0 Å². The van der Waals surface area contributed by atoms with Gasteiger partial charge in [-0.05, 0) is 34.0 Å². The van der Waals surface area contributed by atoms with E-state index in [1.807, 2.05) is 14.1 Å². The monoisotopic (exact) mass is 217 g/mol. The maximum absolute atomic E-state index is 11.3. The molecular formula is C9H19N3OS. The van der Waals surface area contributed by atoms with E-state index in [0.717, 1.165) is 13.0 Å². The summed E-state index contributed by atoms with van der Waals surface area (Å²) in [5, 5.41) is 2.79. The maximum Gasteiger partial charge on any atom is 0.229 e. The number of amides is 1. The number of hydrogen-bond donors (Lipinski definition) is 2. The second kappa shape index (κ2) is 6.73. The lowest BCUT2D eigenvalue weighted by atomic mass is 10.1. The predicted molar refractivity (Wildman–Crippen MR) is 62.1 cm³/mol. The summed E-state index contributed by atoms with van der Waals surface area (Å²) in [6, 6.07) is 0. The van der Waals surface area contributed by atoms with Gasteiger partial charge in [0.15, 0.2) is 0 Å². The van der Waals surface area contributed by atoms with E-state index in [2.05, 4.69) is 10.2 Å². The average molecular weight is 217 g/mol. The van der Waals surface area contributed by atoms with E-state index in [-0.39, 0.29) is 16.8 Å². The Hall–Kier alpha value is -0.680. The SMILES string of the molecule is CC(C(=O)NCCCN(C)C)C(N)=S. The summed E-state index contributed by atoms with van der Waals surface area (Å²) in [7, 11) is 4.00. The first-order chi connectivity index (χ1) is 6.45. The molecule has 3 N–H and O–H groups in total. The Balaban J connectivity index is 3.59. The molecule has 0 heterocycles. The molecule has 5 heteroatoms. The zero-order valence-electron chi connectivity index (χ0n) is 9.04. The van der Waals surface area contributed by atoms with Crippen LogP contribution in [0.2, 0.25) is 0 Å². The highest BCUT2D eigenvalue weighted by molar-refractivity contribution is 7.80. The van der Waals surface area contributed by atoms with Gasteiger partial charge in [-0.2, -0.15) is 0 Å². The van der Waals surface area contributed by atoms with Crippen molar-refractivity contribution in [2.75, 3.05) is 27.2 Å². The molecule has 1 unspecified atom stereocenters. The van der Waals surface area contributed by atoms with E-state index >= 15 is 0 Å². The number of rotatable bonds is 6. The van der Waals surface area contributed by atoms with Gasteiger partial charge < -0.3 is 16.0 Å². The van der Waals surface area contributed by atoms with Gasteiger partial charge in [-0.3, -0.25) is 4.79 Å². The zero-order valence-corrected chi connectivity index (χ0v) is 9.86. The summed E-state index contributed by atoms with van der Waals surface area (Å²) in [5.41, 5.74) is 5.35. The average Bonchev–Trinajstić information content (AvgIpc) is 2.10. The Morgan fingerprint density at radius 2 is 2.14 bits per heavy atom. The third-order valence-corrected chi connectivity index (χ3v) is 2.25. The van der Waals surface area contributed by atoms with Gasteiger partial charge >= 0.3 is 0 Å². The summed E-state index contributed by atoms with van der Waals surface area (Å²) in [6.07, 6.45) is 0.933. The molecule has 0 radical (unpaired) electrons. The minimum atomic E-state index is -0.371. The normalized spacial score (nSPS) is 12.6. The Bertz CT molecular complexity index is 206. The molecule has 0 aliphatic heterocycles. The van der Waals surface area contributed by atoms with Crippen LogP contribution in [-0.2, 0) is 4.79 Å². The standard InChI is InChI=1S/C9H19N3OS/c1-7(8(10)14)9(13)11-5-4-6-12(2)3/h7H,4-6H2,1-3H3,(H2,10,14)(H,11,13). The first kappa shape index (κ1) is 13.3. The lowest BCUT2D eigenvalue weighted by Crippen LogP contribution is -2.37. The fourth-order valence-corrected chi connectivity index (χ4v) is 0.996. The molecule has 0 saturated carbocycles. The molecule has 0 aromatic carbocycles. The molecular weight excluding hydrogens is 198 g/mol. The molecule has 0 aliphatic carbocycles. The molecule has 1 atom stereocenters. The highest BCUT2D eigenvalue weighted by Crippen LogP contribution is 1.94. The molecule has 14 heavy (non-hydrogen) atoms. The minimum Gasteiger partial charge on any atom is -0.393 e. The summed E-state index contributed by atoms with van der Waals surface area (Å²) in [4.78, 5) is 13.7. The number of carbonyl (C=O) groups excluding carboxylic acids is 1. The van der Waals surface area contributed by atoms with Crippen molar-refractivity contribution in [2.45, 2.75) is 13.3 Å². The predicted octanol–water partition coefficient (Wildman–Crippen LogP) is -0.0235. The number of nitrogens with zero attached hydrogens (tertiary/aromatic N) is 1. The second-order valence-electron chi connectivity index (χ2n) is 3.57. The summed E-state index contributed by atoms with van der Waals surface area (Å²) >= 11 is 4.72. The second-order valence-corrected chi connectivity index (χ2v) is 4.04. The molecule has 0 spiro atoms. The van der Waals surface area contributed by atoms with Crippen LogP contribution in [0.3, 0.4) is 0 Å². The van der Waals surface area contributed by atoms with Gasteiger partial charge in [0, 0.05) is 6.54 Å². The number of thiocarbonyl (C=S) groups is 1. The molecule has 1 amide bonds. The van der Waals surface area contributed by atoms with Gasteiger partial charge in [-0.15, -0.1) is 0 Å². The van der Waals surface area contributed by atoms with Gasteiger partial charge in [0.1, 0.15) is 0 Å². The van der Waals surface area contributed by atoms with Crippen LogP contribution < -0.4 is 11.1 Å². The van der Waals surface area contributed by atoms with Crippen molar-refractivity contribution in [3.05, 3.63) is 0 Å². The molecule has 0 aromatic heterocycles. The van der Waals surface area contributed by atoms with Crippen molar-refractivity contribution < 1.29 is 4.79 Å². The Morgan fingerprint density at radius 3 is 2.57 bits per heavy atom. The van der Waals surface area contributed by atoms with Crippen molar-refractivity contribution in [3.63, 3.8) is 0 Å². The number of nitrogens with one attached hydrogen (secondary N) is 1. The van der Waals surface area contributed by atoms with Crippen molar-refractivity contribution in [3.8, 4) is 0 Å². The molecule has 0 saturated heterocycles. The fraction of sp³-hybridized carbons (Fsp3) is 0.778. The Labute approximate surface area is 90.8 Å². The van der Waals surface area contributed by atoms with E-state index in [1.165, 1.54) is 0 Å². The van der Waals surface area contributed by atoms with Crippen LogP contribution in [0, 0.1) is 5.92 Å². The zero-order chi connectivity index (χ0) is 11.1. The molecule has 0 rings (SSSR count). The van der Waals surface area contributed by atoms with Crippen LogP contribution in [0.1, 0.15) is 13.3 Å². The summed E-state index contributed by atoms with van der Waals surface area (Å²) in [5.74, 6) is -0.458.